The van der Waals surface area contributed by atoms with E-state index < -0.39 is 17.6 Å². The van der Waals surface area contributed by atoms with Crippen molar-refractivity contribution < 1.29 is 22.7 Å². The number of ether oxygens (including phenoxy) is 1. The number of carbonyl (C=O) groups excluding carboxylic acids is 1. The van der Waals surface area contributed by atoms with Crippen molar-refractivity contribution in [3.63, 3.8) is 0 Å². The van der Waals surface area contributed by atoms with Crippen LogP contribution in [0.3, 0.4) is 0 Å². The molecule has 3 aromatic rings. The maximum Gasteiger partial charge on any atom is 0.417 e. The third-order valence-corrected chi connectivity index (χ3v) is 5.70. The monoisotopic (exact) mass is 529 g/mol. The number of nitrogens with two attached hydrogens (primary N) is 2. The molecule has 3 heterocycles. The average molecular weight is 530 g/mol. The van der Waals surface area contributed by atoms with Crippen LogP contribution in [0.25, 0.3) is 11.1 Å². The summed E-state index contributed by atoms with van der Waals surface area (Å²) in [5, 5.41) is 13.2. The van der Waals surface area contributed by atoms with Crippen molar-refractivity contribution in [1.29, 1.82) is 5.41 Å². The zero-order valence-electron chi connectivity index (χ0n) is 21.0. The highest BCUT2D eigenvalue weighted by Crippen LogP contribution is 2.31. The van der Waals surface area contributed by atoms with Gasteiger partial charge in [0.2, 0.25) is 0 Å². The van der Waals surface area contributed by atoms with E-state index in [-0.39, 0.29) is 42.2 Å². The van der Waals surface area contributed by atoms with Gasteiger partial charge in [-0.1, -0.05) is 38.1 Å². The molecule has 1 aromatic carbocycles. The van der Waals surface area contributed by atoms with Crippen LogP contribution in [0.15, 0.2) is 48.8 Å². The van der Waals surface area contributed by atoms with E-state index in [0.29, 0.717) is 23.9 Å². The molecule has 1 fully saturated rings. The Kier molecular flexibility index (Phi) is 9.24. The van der Waals surface area contributed by atoms with Crippen LogP contribution in [0.5, 0.6) is 0 Å². The highest BCUT2D eigenvalue weighted by molar-refractivity contribution is 6.00. The van der Waals surface area contributed by atoms with Crippen LogP contribution in [-0.4, -0.2) is 41.0 Å². The normalized spacial score (nSPS) is 14.5. The van der Waals surface area contributed by atoms with Crippen molar-refractivity contribution in [2.75, 3.05) is 24.2 Å². The lowest BCUT2D eigenvalue weighted by Gasteiger charge is -2.26. The van der Waals surface area contributed by atoms with E-state index in [1.165, 1.54) is 0 Å². The second-order valence-electron chi connectivity index (χ2n) is 8.23. The molecule has 1 aliphatic rings. The Balaban J connectivity index is 0.00000195. The van der Waals surface area contributed by atoms with Crippen molar-refractivity contribution in [3.05, 3.63) is 71.0 Å². The zero-order chi connectivity index (χ0) is 27.9. The topological polar surface area (TPSA) is 152 Å². The standard InChI is InChI=1S/C24H24F3N7O2.C2H6/c25-24(26,27)16-8-19(23(35)34-12-17-5-6-36-17)22(33-11-16)32-9-13-1-3-14(4-2-13)15-7-18(20(28)29)21(30)31-10-15;1-2/h1-4,7-8,10-11,17H,5-6,9,12H2,(H3,28,29)(H2,30,31)(H,32,33)(H,34,35);1-2H3. The molecule has 0 radical (unpaired) electrons. The van der Waals surface area contributed by atoms with Gasteiger partial charge >= 0.3 is 6.18 Å². The predicted octanol–water partition coefficient (Wildman–Crippen LogP) is 4.19. The number of nitrogens with zero attached hydrogens (tertiary/aromatic N) is 2. The van der Waals surface area contributed by atoms with Gasteiger partial charge in [0.15, 0.2) is 0 Å². The Bertz CT molecular complexity index is 1280. The van der Waals surface area contributed by atoms with Gasteiger partial charge in [0.1, 0.15) is 17.5 Å². The summed E-state index contributed by atoms with van der Waals surface area (Å²) in [7, 11) is 0. The van der Waals surface area contributed by atoms with Crippen molar-refractivity contribution in [1.82, 2.24) is 15.3 Å². The summed E-state index contributed by atoms with van der Waals surface area (Å²) in [5.74, 6) is -0.657. The molecule has 1 aliphatic heterocycles. The van der Waals surface area contributed by atoms with E-state index >= 15 is 0 Å². The Labute approximate surface area is 218 Å². The number of amides is 1. The molecule has 38 heavy (non-hydrogen) atoms. The number of hydrogen-bond acceptors (Lipinski definition) is 7. The van der Waals surface area contributed by atoms with Gasteiger partial charge in [0.25, 0.3) is 5.91 Å². The van der Waals surface area contributed by atoms with Gasteiger partial charge in [-0.2, -0.15) is 13.2 Å². The largest absolute Gasteiger partial charge is 0.417 e. The Morgan fingerprint density at radius 3 is 2.37 bits per heavy atom. The molecule has 0 aliphatic carbocycles. The van der Waals surface area contributed by atoms with Crippen LogP contribution in [0.1, 0.15) is 47.3 Å². The molecule has 0 saturated carbocycles. The number of amidine groups is 1. The van der Waals surface area contributed by atoms with Crippen LogP contribution in [0, 0.1) is 5.41 Å². The lowest BCUT2D eigenvalue weighted by Crippen LogP contribution is -2.40. The van der Waals surface area contributed by atoms with Gasteiger partial charge in [-0.15, -0.1) is 0 Å². The van der Waals surface area contributed by atoms with Gasteiger partial charge in [-0.25, -0.2) is 9.97 Å². The average Bonchev–Trinajstić information content (AvgIpc) is 2.87. The predicted molar refractivity (Wildman–Crippen MR) is 140 cm³/mol. The summed E-state index contributed by atoms with van der Waals surface area (Å²) in [6.45, 7) is 5.02. The smallest absolute Gasteiger partial charge is 0.384 e. The van der Waals surface area contributed by atoms with E-state index in [1.807, 2.05) is 38.1 Å². The highest BCUT2D eigenvalue weighted by atomic mass is 19.4. The Hall–Kier alpha value is -4.19. The molecule has 12 heteroatoms. The lowest BCUT2D eigenvalue weighted by atomic mass is 10.0. The van der Waals surface area contributed by atoms with Crippen molar-refractivity contribution >= 4 is 23.4 Å². The molecule has 1 unspecified atom stereocenters. The maximum absolute atomic E-state index is 13.2. The number of rotatable bonds is 8. The number of pyridine rings is 2. The number of nitrogen functional groups attached to an aromatic ring is 2. The molecule has 0 bridgehead atoms. The molecule has 7 N–H and O–H groups in total. The number of benzene rings is 1. The first-order valence-corrected chi connectivity index (χ1v) is 12.0. The molecule has 9 nitrogen and oxygen atoms in total. The number of carbonyl (C=O) groups is 1. The van der Waals surface area contributed by atoms with Crippen LogP contribution in [0.4, 0.5) is 24.8 Å². The Morgan fingerprint density at radius 2 is 1.79 bits per heavy atom. The summed E-state index contributed by atoms with van der Waals surface area (Å²) >= 11 is 0. The van der Waals surface area contributed by atoms with Gasteiger partial charge in [0.05, 0.1) is 22.8 Å². The van der Waals surface area contributed by atoms with E-state index in [0.717, 1.165) is 23.6 Å². The molecule has 1 amide bonds. The molecule has 202 valence electrons. The van der Waals surface area contributed by atoms with Gasteiger partial charge in [-0.05, 0) is 29.7 Å². The minimum atomic E-state index is -4.63. The summed E-state index contributed by atoms with van der Waals surface area (Å²) in [5.41, 5.74) is 12.7. The third kappa shape index (κ3) is 6.97. The molecular formula is C26H30F3N7O2. The fraction of sp³-hybridized carbons (Fsp3) is 0.308. The van der Waals surface area contributed by atoms with Crippen LogP contribution in [-0.2, 0) is 17.5 Å². The SMILES string of the molecule is CC.N=C(N)c1cc(-c2ccc(CNc3ncc(C(F)(F)F)cc3C(=O)NCC3CCO3)cc2)cnc1N. The number of alkyl halides is 3. The van der Waals surface area contributed by atoms with Crippen molar-refractivity contribution in [2.24, 2.45) is 5.73 Å². The third-order valence-electron chi connectivity index (χ3n) is 5.70. The van der Waals surface area contributed by atoms with Crippen LogP contribution < -0.4 is 22.1 Å². The van der Waals surface area contributed by atoms with E-state index in [4.69, 9.17) is 21.6 Å². The van der Waals surface area contributed by atoms with Crippen molar-refractivity contribution in [3.8, 4) is 11.1 Å². The van der Waals surface area contributed by atoms with Crippen molar-refractivity contribution in [2.45, 2.75) is 39.1 Å². The first-order chi connectivity index (χ1) is 18.1. The Morgan fingerprint density at radius 1 is 1.11 bits per heavy atom. The molecule has 1 atom stereocenters. The molecular weight excluding hydrogens is 499 g/mol. The van der Waals surface area contributed by atoms with Gasteiger partial charge in [0, 0.05) is 37.7 Å². The summed E-state index contributed by atoms with van der Waals surface area (Å²) in [6.07, 6.45) is -1.72. The molecule has 2 aromatic heterocycles. The second kappa shape index (κ2) is 12.4. The van der Waals surface area contributed by atoms with Crippen LogP contribution in [0.2, 0.25) is 0 Å². The van der Waals surface area contributed by atoms with E-state index in [9.17, 15) is 18.0 Å². The minimum absolute atomic E-state index is 0.0351. The number of hydrogen-bond donors (Lipinski definition) is 5. The first-order valence-electron chi connectivity index (χ1n) is 12.0. The van der Waals surface area contributed by atoms with Gasteiger partial charge < -0.3 is 26.8 Å². The second-order valence-corrected chi connectivity index (χ2v) is 8.23. The summed E-state index contributed by atoms with van der Waals surface area (Å²) in [4.78, 5) is 20.6. The molecule has 0 spiro atoms. The fourth-order valence-electron chi connectivity index (χ4n) is 3.53. The number of aromatic nitrogens is 2. The van der Waals surface area contributed by atoms with Crippen LogP contribution >= 0.6 is 0 Å². The van der Waals surface area contributed by atoms with E-state index in [1.54, 1.807) is 12.3 Å². The first kappa shape index (κ1) is 28.4. The fourth-order valence-corrected chi connectivity index (χ4v) is 3.53. The molecule has 4 rings (SSSR count). The number of halogens is 3. The highest BCUT2D eigenvalue weighted by Gasteiger charge is 2.33. The summed E-state index contributed by atoms with van der Waals surface area (Å²) < 4.78 is 44.9. The minimum Gasteiger partial charge on any atom is -0.384 e. The zero-order valence-corrected chi connectivity index (χ0v) is 21.0. The van der Waals surface area contributed by atoms with E-state index in [2.05, 4.69) is 20.6 Å². The maximum atomic E-state index is 13.2. The quantitative estimate of drug-likeness (QED) is 0.217. The molecule has 1 saturated heterocycles. The summed E-state index contributed by atoms with van der Waals surface area (Å²) in [6, 6.07) is 9.72. The number of anilines is 2. The lowest BCUT2D eigenvalue weighted by molar-refractivity contribution is -0.137. The van der Waals surface area contributed by atoms with Gasteiger partial charge in [-0.3, -0.25) is 10.2 Å². The number of nitrogens with one attached hydrogen (secondary N) is 3.